The molecule has 1 aromatic rings. The molecular formula is C20H35Cl3N4O2. The van der Waals surface area contributed by atoms with Gasteiger partial charge in [0.1, 0.15) is 6.10 Å². The Balaban J connectivity index is 0.00000261. The summed E-state index contributed by atoms with van der Waals surface area (Å²) in [5.41, 5.74) is 8.04. The first-order chi connectivity index (χ1) is 12.7. The number of carbonyl (C=O) groups excluding carboxylic acids is 1. The van der Waals surface area contributed by atoms with Crippen molar-refractivity contribution in [2.24, 2.45) is 5.73 Å². The van der Waals surface area contributed by atoms with E-state index in [9.17, 15) is 4.79 Å². The molecule has 3 N–H and O–H groups in total. The van der Waals surface area contributed by atoms with Crippen molar-refractivity contribution in [2.45, 2.75) is 45.1 Å². The van der Waals surface area contributed by atoms with Gasteiger partial charge in [0.05, 0.1) is 6.10 Å². The van der Waals surface area contributed by atoms with Crippen LogP contribution in [0.2, 0.25) is 0 Å². The van der Waals surface area contributed by atoms with E-state index in [1.165, 1.54) is 5.56 Å². The van der Waals surface area contributed by atoms with Gasteiger partial charge in [0.2, 0.25) is 5.91 Å². The van der Waals surface area contributed by atoms with Crippen LogP contribution in [0.25, 0.3) is 0 Å². The minimum Gasteiger partial charge on any atom is -0.364 e. The molecule has 168 valence electrons. The van der Waals surface area contributed by atoms with Gasteiger partial charge in [0, 0.05) is 45.8 Å². The molecule has 0 radical (unpaired) electrons. The molecule has 3 rings (SSSR count). The normalized spacial score (nSPS) is 22.1. The lowest BCUT2D eigenvalue weighted by Crippen LogP contribution is -2.45. The van der Waals surface area contributed by atoms with Gasteiger partial charge in [0.25, 0.3) is 0 Å². The van der Waals surface area contributed by atoms with Gasteiger partial charge in [-0.25, -0.2) is 0 Å². The molecule has 1 amide bonds. The highest BCUT2D eigenvalue weighted by Crippen LogP contribution is 2.19. The van der Waals surface area contributed by atoms with E-state index >= 15 is 0 Å². The zero-order valence-electron chi connectivity index (χ0n) is 17.0. The number of piperazine rings is 1. The molecule has 2 heterocycles. The predicted molar refractivity (Wildman–Crippen MR) is 124 cm³/mol. The highest BCUT2D eigenvalue weighted by Gasteiger charge is 2.29. The van der Waals surface area contributed by atoms with Crippen molar-refractivity contribution >= 4 is 43.1 Å². The maximum atomic E-state index is 12.2. The molecule has 0 bridgehead atoms. The van der Waals surface area contributed by atoms with Crippen molar-refractivity contribution in [3.05, 3.63) is 35.4 Å². The highest BCUT2D eigenvalue weighted by atomic mass is 35.5. The Kier molecular flexibility index (Phi) is 14.1. The molecule has 1 aromatic carbocycles. The number of rotatable bonds is 7. The van der Waals surface area contributed by atoms with E-state index in [4.69, 9.17) is 10.5 Å². The number of hydrogen-bond acceptors (Lipinski definition) is 5. The van der Waals surface area contributed by atoms with E-state index in [2.05, 4.69) is 46.3 Å². The van der Waals surface area contributed by atoms with Crippen molar-refractivity contribution in [1.29, 1.82) is 0 Å². The lowest BCUT2D eigenvalue weighted by atomic mass is 10.1. The number of benzene rings is 1. The number of halogens is 3. The molecule has 2 atom stereocenters. The summed E-state index contributed by atoms with van der Waals surface area (Å²) in [7, 11) is 0. The van der Waals surface area contributed by atoms with Crippen LogP contribution in [0.4, 0.5) is 0 Å². The number of nitrogens with one attached hydrogen (secondary N) is 1. The second-order valence-electron chi connectivity index (χ2n) is 7.30. The van der Waals surface area contributed by atoms with Crippen molar-refractivity contribution in [1.82, 2.24) is 15.1 Å². The number of carbonyl (C=O) groups is 1. The van der Waals surface area contributed by atoms with Crippen LogP contribution in [0.1, 0.15) is 30.9 Å². The predicted octanol–water partition coefficient (Wildman–Crippen LogP) is 2.21. The van der Waals surface area contributed by atoms with Crippen LogP contribution in [0, 0.1) is 0 Å². The molecular weight excluding hydrogens is 435 g/mol. The molecule has 0 aromatic heterocycles. The van der Waals surface area contributed by atoms with Gasteiger partial charge in [-0.1, -0.05) is 31.2 Å². The molecule has 0 saturated carbocycles. The third-order valence-electron chi connectivity index (χ3n) is 5.47. The average molecular weight is 470 g/mol. The summed E-state index contributed by atoms with van der Waals surface area (Å²) in [6.45, 7) is 9.99. The van der Waals surface area contributed by atoms with E-state index in [0.29, 0.717) is 13.1 Å². The molecule has 2 aliphatic heterocycles. The standard InChI is InChI=1S/C20H32N4O2.3ClH/c1-2-23-9-11-24(12-10-23)15-17-5-3-16(4-6-17)14-22-20(25)19-8-7-18(13-21)26-19;;;/h3-6,18-19H,2,7-15,21H2,1H3,(H,22,25);3*1H/t18-,19+;;;/m1.../s1. The molecule has 0 spiro atoms. The van der Waals surface area contributed by atoms with Gasteiger partial charge in [-0.3, -0.25) is 9.69 Å². The van der Waals surface area contributed by atoms with Crippen LogP contribution in [0.3, 0.4) is 0 Å². The molecule has 0 aliphatic carbocycles. The maximum absolute atomic E-state index is 12.2. The third kappa shape index (κ3) is 8.58. The topological polar surface area (TPSA) is 70.8 Å². The first kappa shape index (κ1) is 28.4. The van der Waals surface area contributed by atoms with Crippen molar-refractivity contribution in [3.63, 3.8) is 0 Å². The van der Waals surface area contributed by atoms with Crippen LogP contribution in [0.15, 0.2) is 24.3 Å². The summed E-state index contributed by atoms with van der Waals surface area (Å²) in [5.74, 6) is -0.0289. The van der Waals surface area contributed by atoms with Crippen LogP contribution >= 0.6 is 37.2 Å². The lowest BCUT2D eigenvalue weighted by Gasteiger charge is -2.34. The van der Waals surface area contributed by atoms with E-state index in [1.54, 1.807) is 0 Å². The first-order valence-corrected chi connectivity index (χ1v) is 9.83. The van der Waals surface area contributed by atoms with Gasteiger partial charge in [-0.15, -0.1) is 37.2 Å². The number of ether oxygens (including phenoxy) is 1. The highest BCUT2D eigenvalue weighted by molar-refractivity contribution is 5.86. The SMILES string of the molecule is CCN1CCN(Cc2ccc(CNC(=O)[C@@H]3CC[C@H](CN)O3)cc2)CC1.Cl.Cl.Cl. The molecule has 6 nitrogen and oxygen atoms in total. The second-order valence-corrected chi connectivity index (χ2v) is 7.30. The minimum atomic E-state index is -0.343. The largest absolute Gasteiger partial charge is 0.364 e. The summed E-state index contributed by atoms with van der Waals surface area (Å²) >= 11 is 0. The van der Waals surface area contributed by atoms with Gasteiger partial charge >= 0.3 is 0 Å². The van der Waals surface area contributed by atoms with Gasteiger partial charge in [0.15, 0.2) is 0 Å². The maximum Gasteiger partial charge on any atom is 0.249 e. The Hall–Kier alpha value is -0.600. The molecule has 9 heteroatoms. The summed E-state index contributed by atoms with van der Waals surface area (Å²) in [6, 6.07) is 8.56. The van der Waals surface area contributed by atoms with Gasteiger partial charge in [-0.2, -0.15) is 0 Å². The summed E-state index contributed by atoms with van der Waals surface area (Å²) < 4.78 is 5.63. The first-order valence-electron chi connectivity index (χ1n) is 9.83. The van der Waals surface area contributed by atoms with E-state index < -0.39 is 0 Å². The fraction of sp³-hybridized carbons (Fsp3) is 0.650. The molecule has 2 aliphatic rings. The van der Waals surface area contributed by atoms with E-state index in [0.717, 1.165) is 57.7 Å². The van der Waals surface area contributed by atoms with Gasteiger partial charge in [-0.05, 0) is 30.5 Å². The molecule has 2 fully saturated rings. The Bertz CT molecular complexity index is 584. The van der Waals surface area contributed by atoms with Crippen LogP contribution in [0.5, 0.6) is 0 Å². The Morgan fingerprint density at radius 2 is 1.62 bits per heavy atom. The van der Waals surface area contributed by atoms with Crippen LogP contribution in [-0.4, -0.2) is 67.2 Å². The Morgan fingerprint density at radius 3 is 2.17 bits per heavy atom. The number of likely N-dealkylation sites (N-methyl/N-ethyl adjacent to an activating group) is 1. The zero-order chi connectivity index (χ0) is 18.4. The third-order valence-corrected chi connectivity index (χ3v) is 5.47. The number of hydrogen-bond donors (Lipinski definition) is 2. The molecule has 29 heavy (non-hydrogen) atoms. The summed E-state index contributed by atoms with van der Waals surface area (Å²) in [5, 5.41) is 2.98. The van der Waals surface area contributed by atoms with Crippen LogP contribution < -0.4 is 11.1 Å². The summed E-state index contributed by atoms with van der Waals surface area (Å²) in [4.78, 5) is 17.2. The minimum absolute atomic E-state index is 0. The smallest absolute Gasteiger partial charge is 0.249 e. The quantitative estimate of drug-likeness (QED) is 0.641. The monoisotopic (exact) mass is 468 g/mol. The molecule has 2 saturated heterocycles. The van der Waals surface area contributed by atoms with Crippen molar-refractivity contribution in [3.8, 4) is 0 Å². The van der Waals surface area contributed by atoms with E-state index in [1.807, 2.05) is 0 Å². The van der Waals surface area contributed by atoms with Crippen molar-refractivity contribution in [2.75, 3.05) is 39.3 Å². The Labute approximate surface area is 193 Å². The number of nitrogens with zero attached hydrogens (tertiary/aromatic N) is 2. The number of nitrogens with two attached hydrogens (primary N) is 1. The van der Waals surface area contributed by atoms with Gasteiger partial charge < -0.3 is 20.7 Å². The van der Waals surface area contributed by atoms with Crippen LogP contribution in [-0.2, 0) is 22.6 Å². The lowest BCUT2D eigenvalue weighted by molar-refractivity contribution is -0.132. The van der Waals surface area contributed by atoms with Crippen molar-refractivity contribution < 1.29 is 9.53 Å². The number of amides is 1. The summed E-state index contributed by atoms with van der Waals surface area (Å²) in [6.07, 6.45) is 1.32. The zero-order valence-corrected chi connectivity index (χ0v) is 19.5. The molecule has 0 unspecified atom stereocenters. The fourth-order valence-corrected chi connectivity index (χ4v) is 3.66. The second kappa shape index (κ2) is 14.4. The Morgan fingerprint density at radius 1 is 1.03 bits per heavy atom. The fourth-order valence-electron chi connectivity index (χ4n) is 3.66. The van der Waals surface area contributed by atoms with E-state index in [-0.39, 0.29) is 55.3 Å². The average Bonchev–Trinajstić information content (AvgIpc) is 3.17.